The number of hydrogen-bond donors (Lipinski definition) is 1. The van der Waals surface area contributed by atoms with E-state index in [1.54, 1.807) is 12.1 Å². The van der Waals surface area contributed by atoms with Crippen molar-refractivity contribution in [1.82, 2.24) is 4.90 Å². The molecule has 6 nitrogen and oxygen atoms in total. The predicted molar refractivity (Wildman–Crippen MR) is 128 cm³/mol. The van der Waals surface area contributed by atoms with Crippen LogP contribution in [0.5, 0.6) is 17.2 Å². The molecule has 3 atom stereocenters. The molecule has 0 bridgehead atoms. The number of phenols is 1. The second-order valence-corrected chi connectivity index (χ2v) is 8.83. The molecule has 2 aliphatic heterocycles. The number of rotatable bonds is 5. The fraction of sp³-hybridized carbons (Fsp3) is 0.321. The van der Waals surface area contributed by atoms with E-state index >= 15 is 0 Å². The first-order chi connectivity index (χ1) is 16.6. The van der Waals surface area contributed by atoms with Crippen LogP contribution >= 0.6 is 0 Å². The Labute approximate surface area is 199 Å². The smallest absolute Gasteiger partial charge is 0.323 e. The highest BCUT2D eigenvalue weighted by atomic mass is 16.6. The van der Waals surface area contributed by atoms with Gasteiger partial charge in [-0.15, -0.1) is 0 Å². The molecule has 176 valence electrons. The van der Waals surface area contributed by atoms with E-state index in [1.807, 2.05) is 36.4 Å². The van der Waals surface area contributed by atoms with Crippen LogP contribution in [0.3, 0.4) is 0 Å². The Morgan fingerprint density at radius 3 is 2.53 bits per heavy atom. The molecule has 5 rings (SSSR count). The number of carbonyl (C=O) groups is 1. The van der Waals surface area contributed by atoms with E-state index in [0.29, 0.717) is 31.1 Å². The number of aromatic hydroxyl groups is 1. The minimum Gasteiger partial charge on any atom is -0.508 e. The lowest BCUT2D eigenvalue weighted by Crippen LogP contribution is -2.47. The minimum absolute atomic E-state index is 0.0939. The van der Waals surface area contributed by atoms with Crippen molar-refractivity contribution >= 4 is 5.97 Å². The van der Waals surface area contributed by atoms with Crippen LogP contribution in [-0.2, 0) is 22.5 Å². The number of phenolic OH excluding ortho intramolecular Hbond substituents is 1. The Hall–Kier alpha value is -3.51. The van der Waals surface area contributed by atoms with E-state index < -0.39 is 0 Å². The summed E-state index contributed by atoms with van der Waals surface area (Å²) in [5, 5.41) is 9.59. The summed E-state index contributed by atoms with van der Waals surface area (Å²) in [7, 11) is 1.45. The highest BCUT2D eigenvalue weighted by Gasteiger charge is 2.38. The molecule has 0 saturated carbocycles. The van der Waals surface area contributed by atoms with Crippen molar-refractivity contribution in [1.29, 1.82) is 0 Å². The van der Waals surface area contributed by atoms with Crippen LogP contribution in [0.2, 0.25) is 0 Å². The van der Waals surface area contributed by atoms with Crippen LogP contribution in [0.15, 0.2) is 66.7 Å². The first-order valence-electron chi connectivity index (χ1n) is 11.7. The molecule has 0 amide bonds. The van der Waals surface area contributed by atoms with Gasteiger partial charge >= 0.3 is 5.97 Å². The lowest BCUT2D eigenvalue weighted by molar-refractivity contribution is -0.149. The van der Waals surface area contributed by atoms with E-state index in [1.165, 1.54) is 12.7 Å². The summed E-state index contributed by atoms with van der Waals surface area (Å²) in [4.78, 5) is 15.1. The fourth-order valence-corrected chi connectivity index (χ4v) is 5.04. The maximum Gasteiger partial charge on any atom is 0.323 e. The van der Waals surface area contributed by atoms with Gasteiger partial charge in [0.05, 0.1) is 7.11 Å². The number of fused-ring (bicyclic) bond motifs is 2. The number of ether oxygens (including phenoxy) is 3. The lowest BCUT2D eigenvalue weighted by atomic mass is 9.89. The summed E-state index contributed by atoms with van der Waals surface area (Å²) >= 11 is 0. The zero-order valence-corrected chi connectivity index (χ0v) is 19.4. The third kappa shape index (κ3) is 4.21. The van der Waals surface area contributed by atoms with E-state index in [-0.39, 0.29) is 29.9 Å². The first kappa shape index (κ1) is 22.3. The summed E-state index contributed by atoms with van der Waals surface area (Å²) in [6, 6.07) is 21.1. The van der Waals surface area contributed by atoms with Gasteiger partial charge in [-0.3, -0.25) is 9.69 Å². The fourth-order valence-electron chi connectivity index (χ4n) is 5.04. The van der Waals surface area contributed by atoms with Gasteiger partial charge in [-0.1, -0.05) is 49.4 Å². The molecule has 0 aromatic heterocycles. The van der Waals surface area contributed by atoms with Gasteiger partial charge in [0.15, 0.2) is 17.6 Å². The van der Waals surface area contributed by atoms with Gasteiger partial charge in [-0.2, -0.15) is 0 Å². The molecule has 0 radical (unpaired) electrons. The molecule has 0 spiro atoms. The van der Waals surface area contributed by atoms with Crippen molar-refractivity contribution in [2.24, 2.45) is 0 Å². The zero-order chi connectivity index (χ0) is 23.7. The number of carbonyl (C=O) groups excluding carboxylic acids is 1. The third-order valence-corrected chi connectivity index (χ3v) is 6.80. The molecule has 34 heavy (non-hydrogen) atoms. The van der Waals surface area contributed by atoms with Crippen LogP contribution in [0.4, 0.5) is 0 Å². The van der Waals surface area contributed by atoms with E-state index in [9.17, 15) is 9.90 Å². The number of nitrogens with zero attached hydrogens (tertiary/aromatic N) is 1. The van der Waals surface area contributed by atoms with E-state index in [4.69, 9.17) is 14.2 Å². The lowest BCUT2D eigenvalue weighted by Gasteiger charge is -2.41. The molecule has 0 aliphatic carbocycles. The molecule has 3 aromatic rings. The summed E-state index contributed by atoms with van der Waals surface area (Å²) in [5.41, 5.74) is 4.35. The van der Waals surface area contributed by atoms with Gasteiger partial charge in [-0.05, 0) is 59.4 Å². The molecular weight excluding hydrogens is 430 g/mol. The summed E-state index contributed by atoms with van der Waals surface area (Å²) in [6.07, 6.45) is 1.19. The highest BCUT2D eigenvalue weighted by Crippen LogP contribution is 2.42. The molecule has 0 fully saturated rings. The molecule has 3 aromatic carbocycles. The average molecular weight is 460 g/mol. The Morgan fingerprint density at radius 1 is 1.09 bits per heavy atom. The summed E-state index contributed by atoms with van der Waals surface area (Å²) in [6.45, 7) is 3.14. The van der Waals surface area contributed by atoms with Crippen molar-refractivity contribution < 1.29 is 24.1 Å². The maximum absolute atomic E-state index is 12.8. The second kappa shape index (κ2) is 9.39. The van der Waals surface area contributed by atoms with Crippen LogP contribution in [0.1, 0.15) is 47.7 Å². The van der Waals surface area contributed by atoms with E-state index in [0.717, 1.165) is 23.1 Å². The first-order valence-corrected chi connectivity index (χ1v) is 11.7. The highest BCUT2D eigenvalue weighted by molar-refractivity contribution is 5.77. The second-order valence-electron chi connectivity index (χ2n) is 8.83. The van der Waals surface area contributed by atoms with Gasteiger partial charge in [0, 0.05) is 12.6 Å². The molecule has 0 unspecified atom stereocenters. The van der Waals surface area contributed by atoms with Crippen LogP contribution in [-0.4, -0.2) is 35.7 Å². The largest absolute Gasteiger partial charge is 0.508 e. The van der Waals surface area contributed by atoms with Crippen molar-refractivity contribution in [2.45, 2.75) is 44.5 Å². The minimum atomic E-state index is -0.366. The standard InChI is InChI=1S/C28H29NO5/c1-3-23(18-7-5-4-6-8-18)29-16-21-15-26-25(14-20(21)13-24(29)28(31)32-2)33-17-27(34-26)19-9-11-22(30)12-10-19/h4-12,14-15,23-24,27,30H,3,13,16-17H2,1-2H3/t23-,24-,27+/m0/s1. The van der Waals surface area contributed by atoms with E-state index in [2.05, 4.69) is 30.0 Å². The van der Waals surface area contributed by atoms with Crippen molar-refractivity contribution in [3.63, 3.8) is 0 Å². The molecule has 0 saturated heterocycles. The van der Waals surface area contributed by atoms with Gasteiger partial charge in [0.1, 0.15) is 18.4 Å². The van der Waals surface area contributed by atoms with Gasteiger partial charge < -0.3 is 19.3 Å². The van der Waals surface area contributed by atoms with Crippen molar-refractivity contribution in [3.05, 3.63) is 89.0 Å². The summed E-state index contributed by atoms with van der Waals surface area (Å²) < 4.78 is 17.6. The Morgan fingerprint density at radius 2 is 1.82 bits per heavy atom. The van der Waals surface area contributed by atoms with Crippen molar-refractivity contribution in [3.8, 4) is 17.2 Å². The predicted octanol–water partition coefficient (Wildman–Crippen LogP) is 4.96. The molecule has 1 N–H and O–H groups in total. The number of esters is 1. The molecule has 6 heteroatoms. The normalized spacial score (nSPS) is 20.3. The SMILES string of the molecule is CC[C@@H](c1ccccc1)N1Cc2cc3c(cc2C[C@H]1C(=O)OC)OC[C@H](c1ccc(O)cc1)O3. The number of benzene rings is 3. The van der Waals surface area contributed by atoms with Crippen LogP contribution in [0.25, 0.3) is 0 Å². The van der Waals surface area contributed by atoms with Gasteiger partial charge in [0.2, 0.25) is 0 Å². The molecular formula is C28H29NO5. The number of methoxy groups -OCH3 is 1. The topological polar surface area (TPSA) is 68.2 Å². The molecule has 2 heterocycles. The van der Waals surface area contributed by atoms with Gasteiger partial charge in [-0.25, -0.2) is 0 Å². The number of hydrogen-bond acceptors (Lipinski definition) is 6. The Balaban J connectivity index is 1.47. The Bertz CT molecular complexity index is 1160. The zero-order valence-electron chi connectivity index (χ0n) is 19.4. The average Bonchev–Trinajstić information content (AvgIpc) is 2.88. The van der Waals surface area contributed by atoms with Crippen LogP contribution < -0.4 is 9.47 Å². The maximum atomic E-state index is 12.8. The quantitative estimate of drug-likeness (QED) is 0.544. The molecule has 2 aliphatic rings. The monoisotopic (exact) mass is 459 g/mol. The summed E-state index contributed by atoms with van der Waals surface area (Å²) in [5.74, 6) is 1.40. The Kier molecular flexibility index (Phi) is 6.16. The van der Waals surface area contributed by atoms with Crippen LogP contribution in [0, 0.1) is 0 Å². The van der Waals surface area contributed by atoms with Crippen molar-refractivity contribution in [2.75, 3.05) is 13.7 Å². The van der Waals surface area contributed by atoms with Gasteiger partial charge in [0.25, 0.3) is 0 Å². The third-order valence-electron chi connectivity index (χ3n) is 6.80.